The summed E-state index contributed by atoms with van der Waals surface area (Å²) in [6.45, 7) is 2.86. The molecule has 1 fully saturated rings. The van der Waals surface area contributed by atoms with Gasteiger partial charge in [-0.3, -0.25) is 4.98 Å². The molecule has 2 N–H and O–H groups in total. The van der Waals surface area contributed by atoms with Crippen molar-refractivity contribution in [2.75, 3.05) is 43.6 Å². The SMILES string of the molecule is CNc1c(C(F)(F)F)ccc2[nH]cc(-c3cc(N4CCOCC4)ccn3)c12. The number of aromatic nitrogens is 2. The first-order chi connectivity index (χ1) is 13.0. The van der Waals surface area contributed by atoms with Gasteiger partial charge < -0.3 is 19.9 Å². The highest BCUT2D eigenvalue weighted by Gasteiger charge is 2.34. The number of hydrogen-bond donors (Lipinski definition) is 2. The van der Waals surface area contributed by atoms with E-state index in [4.69, 9.17) is 4.74 Å². The number of fused-ring (bicyclic) bond motifs is 1. The molecule has 0 radical (unpaired) electrons. The number of nitrogens with one attached hydrogen (secondary N) is 2. The molecule has 142 valence electrons. The molecule has 0 saturated carbocycles. The number of hydrogen-bond acceptors (Lipinski definition) is 4. The van der Waals surface area contributed by atoms with Gasteiger partial charge in [-0.25, -0.2) is 0 Å². The Bertz CT molecular complexity index is 961. The van der Waals surface area contributed by atoms with Crippen molar-refractivity contribution in [3.63, 3.8) is 0 Å². The number of rotatable bonds is 3. The molecule has 0 spiro atoms. The van der Waals surface area contributed by atoms with Gasteiger partial charge in [0.05, 0.1) is 30.2 Å². The summed E-state index contributed by atoms with van der Waals surface area (Å²) in [6.07, 6.45) is -1.05. The minimum absolute atomic E-state index is 0.0508. The van der Waals surface area contributed by atoms with Crippen molar-refractivity contribution < 1.29 is 17.9 Å². The normalized spacial score (nSPS) is 15.3. The first-order valence-electron chi connectivity index (χ1n) is 8.67. The van der Waals surface area contributed by atoms with Crippen LogP contribution in [0.4, 0.5) is 24.5 Å². The Labute approximate surface area is 154 Å². The zero-order valence-electron chi connectivity index (χ0n) is 14.7. The van der Waals surface area contributed by atoms with E-state index in [1.54, 1.807) is 12.4 Å². The van der Waals surface area contributed by atoms with Crippen molar-refractivity contribution >= 4 is 22.3 Å². The van der Waals surface area contributed by atoms with Gasteiger partial charge in [0.1, 0.15) is 0 Å². The van der Waals surface area contributed by atoms with Crippen LogP contribution in [0.3, 0.4) is 0 Å². The molecular weight excluding hydrogens is 357 g/mol. The molecular formula is C19H19F3N4O. The van der Waals surface area contributed by atoms with E-state index in [1.165, 1.54) is 13.1 Å². The van der Waals surface area contributed by atoms with Gasteiger partial charge in [0.25, 0.3) is 0 Å². The van der Waals surface area contributed by atoms with Gasteiger partial charge in [0.2, 0.25) is 0 Å². The molecule has 3 aromatic rings. The van der Waals surface area contributed by atoms with Crippen molar-refractivity contribution in [1.29, 1.82) is 0 Å². The second-order valence-electron chi connectivity index (χ2n) is 6.36. The van der Waals surface area contributed by atoms with Crippen molar-refractivity contribution in [1.82, 2.24) is 9.97 Å². The average Bonchev–Trinajstić information content (AvgIpc) is 3.11. The van der Waals surface area contributed by atoms with Gasteiger partial charge in [-0.05, 0) is 24.3 Å². The summed E-state index contributed by atoms with van der Waals surface area (Å²) in [5.74, 6) is 0. The van der Waals surface area contributed by atoms with Gasteiger partial charge in [0, 0.05) is 54.7 Å². The molecule has 2 aromatic heterocycles. The van der Waals surface area contributed by atoms with Crippen LogP contribution in [0.25, 0.3) is 22.2 Å². The topological polar surface area (TPSA) is 53.2 Å². The third-order valence-electron chi connectivity index (χ3n) is 4.80. The summed E-state index contributed by atoms with van der Waals surface area (Å²) < 4.78 is 45.7. The molecule has 5 nitrogen and oxygen atoms in total. The lowest BCUT2D eigenvalue weighted by atomic mass is 10.0. The zero-order valence-corrected chi connectivity index (χ0v) is 14.7. The van der Waals surface area contributed by atoms with Crippen LogP contribution in [0.15, 0.2) is 36.7 Å². The Hall–Kier alpha value is -2.74. The number of H-pyrrole nitrogens is 1. The third kappa shape index (κ3) is 3.21. The van der Waals surface area contributed by atoms with Gasteiger partial charge in [-0.2, -0.15) is 13.2 Å². The number of morpholine rings is 1. The molecule has 1 aliphatic heterocycles. The van der Waals surface area contributed by atoms with Crippen molar-refractivity contribution in [3.8, 4) is 11.3 Å². The smallest absolute Gasteiger partial charge is 0.387 e. The molecule has 0 unspecified atom stereocenters. The van der Waals surface area contributed by atoms with Crippen LogP contribution in [0.1, 0.15) is 5.56 Å². The number of nitrogens with zero attached hydrogens (tertiary/aromatic N) is 2. The number of ether oxygens (including phenoxy) is 1. The fourth-order valence-corrected chi connectivity index (χ4v) is 3.51. The quantitative estimate of drug-likeness (QED) is 0.722. The summed E-state index contributed by atoms with van der Waals surface area (Å²) >= 11 is 0. The zero-order chi connectivity index (χ0) is 19.0. The molecule has 3 heterocycles. The Morgan fingerprint density at radius 3 is 2.67 bits per heavy atom. The highest BCUT2D eigenvalue weighted by atomic mass is 19.4. The fourth-order valence-electron chi connectivity index (χ4n) is 3.51. The summed E-state index contributed by atoms with van der Waals surface area (Å²) in [4.78, 5) is 9.65. The lowest BCUT2D eigenvalue weighted by molar-refractivity contribution is -0.136. The van der Waals surface area contributed by atoms with Gasteiger partial charge in [0.15, 0.2) is 0 Å². The molecule has 27 heavy (non-hydrogen) atoms. The van der Waals surface area contributed by atoms with Gasteiger partial charge >= 0.3 is 6.18 Å². The van der Waals surface area contributed by atoms with E-state index in [9.17, 15) is 13.2 Å². The highest BCUT2D eigenvalue weighted by molar-refractivity contribution is 6.04. The van der Waals surface area contributed by atoms with Crippen LogP contribution < -0.4 is 10.2 Å². The molecule has 0 bridgehead atoms. The van der Waals surface area contributed by atoms with Crippen molar-refractivity contribution in [2.45, 2.75) is 6.18 Å². The molecule has 0 aliphatic carbocycles. The maximum Gasteiger partial charge on any atom is 0.418 e. The molecule has 1 aliphatic rings. The minimum Gasteiger partial charge on any atom is -0.387 e. The predicted molar refractivity (Wildman–Crippen MR) is 99.1 cm³/mol. The second kappa shape index (κ2) is 6.77. The van der Waals surface area contributed by atoms with E-state index in [2.05, 4.69) is 20.2 Å². The maximum atomic E-state index is 13.4. The maximum absolute atomic E-state index is 13.4. The van der Waals surface area contributed by atoms with Gasteiger partial charge in [-0.1, -0.05) is 0 Å². The summed E-state index contributed by atoms with van der Waals surface area (Å²) in [6, 6.07) is 6.36. The molecule has 4 rings (SSSR count). The number of pyridine rings is 1. The lowest BCUT2D eigenvalue weighted by Gasteiger charge is -2.29. The van der Waals surface area contributed by atoms with Crippen molar-refractivity contribution in [2.24, 2.45) is 0 Å². The van der Waals surface area contributed by atoms with Crippen LogP contribution in [-0.4, -0.2) is 43.3 Å². The first-order valence-corrected chi connectivity index (χ1v) is 8.67. The Balaban J connectivity index is 1.85. The van der Waals surface area contributed by atoms with E-state index >= 15 is 0 Å². The van der Waals surface area contributed by atoms with Crippen molar-refractivity contribution in [3.05, 3.63) is 42.2 Å². The Morgan fingerprint density at radius 2 is 1.96 bits per heavy atom. The molecule has 1 aromatic carbocycles. The summed E-state index contributed by atoms with van der Waals surface area (Å²) in [7, 11) is 1.50. The summed E-state index contributed by atoms with van der Waals surface area (Å²) in [5, 5.41) is 3.21. The highest BCUT2D eigenvalue weighted by Crippen LogP contribution is 2.42. The van der Waals surface area contributed by atoms with E-state index in [0.717, 1.165) is 24.8 Å². The third-order valence-corrected chi connectivity index (χ3v) is 4.80. The number of aromatic amines is 1. The number of anilines is 2. The largest absolute Gasteiger partial charge is 0.418 e. The molecule has 8 heteroatoms. The van der Waals surface area contributed by atoms with Crippen LogP contribution in [-0.2, 0) is 10.9 Å². The Kier molecular flexibility index (Phi) is 4.43. The standard InChI is InChI=1S/C19H19F3N4O/c1-23-18-14(19(20,21)22)2-3-15-17(18)13(11-25-15)16-10-12(4-5-24-16)26-6-8-27-9-7-26/h2-5,10-11,23,25H,6-9H2,1H3. The van der Waals surface area contributed by atoms with Crippen LogP contribution in [0.5, 0.6) is 0 Å². The second-order valence-corrected chi connectivity index (χ2v) is 6.36. The molecule has 0 amide bonds. The first kappa shape index (κ1) is 17.7. The van der Waals surface area contributed by atoms with E-state index in [1.807, 2.05) is 12.1 Å². The predicted octanol–water partition coefficient (Wildman–Crippen LogP) is 4.13. The number of alkyl halides is 3. The van der Waals surface area contributed by atoms with Gasteiger partial charge in [-0.15, -0.1) is 0 Å². The average molecular weight is 376 g/mol. The van der Waals surface area contributed by atoms with E-state index < -0.39 is 11.7 Å². The van der Waals surface area contributed by atoms with Crippen LogP contribution in [0, 0.1) is 0 Å². The Morgan fingerprint density at radius 1 is 1.19 bits per heavy atom. The monoisotopic (exact) mass is 376 g/mol. The minimum atomic E-state index is -4.44. The van der Waals surface area contributed by atoms with E-state index in [0.29, 0.717) is 35.4 Å². The molecule has 0 atom stereocenters. The van der Waals surface area contributed by atoms with E-state index in [-0.39, 0.29) is 5.69 Å². The number of benzene rings is 1. The fraction of sp³-hybridized carbons (Fsp3) is 0.316. The number of halogens is 3. The van der Waals surface area contributed by atoms with Crippen LogP contribution in [0.2, 0.25) is 0 Å². The van der Waals surface area contributed by atoms with Crippen LogP contribution >= 0.6 is 0 Å². The molecule has 1 saturated heterocycles. The summed E-state index contributed by atoms with van der Waals surface area (Å²) in [5.41, 5.74) is 2.23. The lowest BCUT2D eigenvalue weighted by Crippen LogP contribution is -2.36.